The second-order valence-corrected chi connectivity index (χ2v) is 4.69. The van der Waals surface area contributed by atoms with Crippen molar-refractivity contribution in [2.24, 2.45) is 0 Å². The van der Waals surface area contributed by atoms with E-state index >= 15 is 0 Å². The molecule has 2 aromatic rings. The number of aromatic amines is 1. The van der Waals surface area contributed by atoms with Crippen molar-refractivity contribution >= 4 is 5.78 Å². The molecule has 0 saturated heterocycles. The smallest absolute Gasteiger partial charge is 0.275 e. The Labute approximate surface area is 92.5 Å². The molecule has 1 saturated carbocycles. The minimum Gasteiger partial charge on any atom is -0.275 e. The predicted octanol–water partition coefficient (Wildman–Crippen LogP) is 1.42. The van der Waals surface area contributed by atoms with Crippen LogP contribution in [0, 0.1) is 0 Å². The standard InChI is InChI=1S/C11H14N4O/c1-6(2)8-5-12-11-13-9(7-3-4-7)14-15(11)10(8)16/h5-7H,3-4H2,1-2H3,(H,12,13,14). The highest BCUT2D eigenvalue weighted by Crippen LogP contribution is 2.37. The summed E-state index contributed by atoms with van der Waals surface area (Å²) in [5.74, 6) is 2.06. The molecule has 84 valence electrons. The second-order valence-electron chi connectivity index (χ2n) is 4.69. The van der Waals surface area contributed by atoms with Gasteiger partial charge in [0.15, 0.2) is 0 Å². The Balaban J connectivity index is 2.22. The number of hydrogen-bond donors (Lipinski definition) is 1. The fraction of sp³-hybridized carbons (Fsp3) is 0.545. The highest BCUT2D eigenvalue weighted by Gasteiger charge is 2.27. The van der Waals surface area contributed by atoms with Gasteiger partial charge in [0.05, 0.1) is 0 Å². The molecule has 1 aliphatic rings. The summed E-state index contributed by atoms with van der Waals surface area (Å²) in [5, 5.41) is 3.05. The van der Waals surface area contributed by atoms with Crippen molar-refractivity contribution in [2.75, 3.05) is 0 Å². The van der Waals surface area contributed by atoms with E-state index in [0.29, 0.717) is 11.7 Å². The summed E-state index contributed by atoms with van der Waals surface area (Å²) < 4.78 is 1.46. The molecule has 2 heterocycles. The molecule has 5 nitrogen and oxygen atoms in total. The highest BCUT2D eigenvalue weighted by atomic mass is 16.1. The first-order chi connectivity index (χ1) is 7.66. The minimum absolute atomic E-state index is 0.0283. The highest BCUT2D eigenvalue weighted by molar-refractivity contribution is 5.30. The normalized spacial score (nSPS) is 16.2. The fourth-order valence-electron chi connectivity index (χ4n) is 1.82. The first-order valence-electron chi connectivity index (χ1n) is 5.64. The first-order valence-corrected chi connectivity index (χ1v) is 5.64. The molecule has 0 spiro atoms. The van der Waals surface area contributed by atoms with Crippen LogP contribution < -0.4 is 5.56 Å². The summed E-state index contributed by atoms with van der Waals surface area (Å²) in [6.07, 6.45) is 3.96. The lowest BCUT2D eigenvalue weighted by atomic mass is 10.1. The van der Waals surface area contributed by atoms with Crippen LogP contribution in [0.25, 0.3) is 5.78 Å². The van der Waals surface area contributed by atoms with Crippen molar-refractivity contribution in [3.05, 3.63) is 27.9 Å². The molecular formula is C11H14N4O. The lowest BCUT2D eigenvalue weighted by molar-refractivity contribution is 0.782. The van der Waals surface area contributed by atoms with E-state index in [2.05, 4.69) is 15.1 Å². The fourth-order valence-corrected chi connectivity index (χ4v) is 1.82. The number of nitrogens with zero attached hydrogens (tertiary/aromatic N) is 3. The Hall–Kier alpha value is -1.65. The average molecular weight is 218 g/mol. The van der Waals surface area contributed by atoms with E-state index in [4.69, 9.17) is 0 Å². The quantitative estimate of drug-likeness (QED) is 0.829. The van der Waals surface area contributed by atoms with Crippen LogP contribution in [0.2, 0.25) is 0 Å². The Morgan fingerprint density at radius 1 is 1.50 bits per heavy atom. The number of aromatic nitrogens is 4. The van der Waals surface area contributed by atoms with E-state index in [9.17, 15) is 4.79 Å². The average Bonchev–Trinajstić information content (AvgIpc) is 2.99. The van der Waals surface area contributed by atoms with Crippen LogP contribution in [-0.4, -0.2) is 19.6 Å². The zero-order valence-electron chi connectivity index (χ0n) is 9.40. The molecule has 0 amide bonds. The van der Waals surface area contributed by atoms with Crippen LogP contribution in [0.1, 0.15) is 49.9 Å². The Bertz CT molecular complexity index is 592. The van der Waals surface area contributed by atoms with E-state index in [-0.39, 0.29) is 11.5 Å². The summed E-state index contributed by atoms with van der Waals surface area (Å²) in [4.78, 5) is 20.6. The van der Waals surface area contributed by atoms with Crippen molar-refractivity contribution in [3.8, 4) is 0 Å². The van der Waals surface area contributed by atoms with Crippen LogP contribution in [0.5, 0.6) is 0 Å². The van der Waals surface area contributed by atoms with Gasteiger partial charge in [-0.05, 0) is 18.8 Å². The van der Waals surface area contributed by atoms with Gasteiger partial charge < -0.3 is 0 Å². The van der Waals surface area contributed by atoms with Gasteiger partial charge in [0.2, 0.25) is 0 Å². The van der Waals surface area contributed by atoms with Gasteiger partial charge in [-0.25, -0.2) is 4.98 Å². The zero-order chi connectivity index (χ0) is 11.3. The first kappa shape index (κ1) is 9.57. The molecule has 0 atom stereocenters. The number of hydrogen-bond acceptors (Lipinski definition) is 3. The van der Waals surface area contributed by atoms with Crippen molar-refractivity contribution < 1.29 is 0 Å². The summed E-state index contributed by atoms with van der Waals surface area (Å²) in [5.41, 5.74) is 0.697. The molecule has 3 rings (SSSR count). The molecule has 0 aliphatic heterocycles. The maximum absolute atomic E-state index is 12.1. The number of rotatable bonds is 2. The summed E-state index contributed by atoms with van der Waals surface area (Å²) in [6.45, 7) is 3.98. The zero-order valence-corrected chi connectivity index (χ0v) is 9.40. The molecule has 1 N–H and O–H groups in total. The molecule has 0 bridgehead atoms. The van der Waals surface area contributed by atoms with E-state index in [1.807, 2.05) is 13.8 Å². The molecule has 5 heteroatoms. The van der Waals surface area contributed by atoms with Crippen molar-refractivity contribution in [2.45, 2.75) is 38.5 Å². The molecule has 0 radical (unpaired) electrons. The molecule has 0 unspecified atom stereocenters. The van der Waals surface area contributed by atoms with Gasteiger partial charge in [-0.15, -0.1) is 0 Å². The number of H-pyrrole nitrogens is 1. The van der Waals surface area contributed by atoms with E-state index < -0.39 is 0 Å². The van der Waals surface area contributed by atoms with Gasteiger partial charge in [-0.3, -0.25) is 9.89 Å². The van der Waals surface area contributed by atoms with Gasteiger partial charge in [0, 0.05) is 17.7 Å². The molecule has 1 aliphatic carbocycles. The van der Waals surface area contributed by atoms with Gasteiger partial charge in [-0.1, -0.05) is 13.8 Å². The van der Waals surface area contributed by atoms with Gasteiger partial charge in [-0.2, -0.15) is 9.50 Å². The third kappa shape index (κ3) is 1.35. The summed E-state index contributed by atoms with van der Waals surface area (Å²) >= 11 is 0. The molecule has 2 aromatic heterocycles. The van der Waals surface area contributed by atoms with Crippen LogP contribution in [0.3, 0.4) is 0 Å². The maximum atomic E-state index is 12.1. The third-order valence-electron chi connectivity index (χ3n) is 3.00. The monoisotopic (exact) mass is 218 g/mol. The van der Waals surface area contributed by atoms with Crippen molar-refractivity contribution in [3.63, 3.8) is 0 Å². The Morgan fingerprint density at radius 3 is 2.88 bits per heavy atom. The summed E-state index contributed by atoms with van der Waals surface area (Å²) in [6, 6.07) is 0. The molecule has 1 fully saturated rings. The molecule has 16 heavy (non-hydrogen) atoms. The molecule has 0 aromatic carbocycles. The lowest BCUT2D eigenvalue weighted by Gasteiger charge is -2.02. The minimum atomic E-state index is -0.0283. The maximum Gasteiger partial charge on any atom is 0.277 e. The topological polar surface area (TPSA) is 63.1 Å². The van der Waals surface area contributed by atoms with Crippen LogP contribution in [0.15, 0.2) is 11.0 Å². The van der Waals surface area contributed by atoms with Gasteiger partial charge in [0.25, 0.3) is 11.3 Å². The van der Waals surface area contributed by atoms with E-state index in [1.165, 1.54) is 4.52 Å². The van der Waals surface area contributed by atoms with E-state index in [0.717, 1.165) is 24.2 Å². The number of fused-ring (bicyclic) bond motifs is 1. The van der Waals surface area contributed by atoms with Crippen molar-refractivity contribution in [1.29, 1.82) is 0 Å². The second kappa shape index (κ2) is 3.17. The van der Waals surface area contributed by atoms with Crippen LogP contribution >= 0.6 is 0 Å². The number of nitrogens with one attached hydrogen (secondary N) is 1. The largest absolute Gasteiger partial charge is 0.277 e. The van der Waals surface area contributed by atoms with E-state index in [1.54, 1.807) is 6.20 Å². The van der Waals surface area contributed by atoms with Crippen LogP contribution in [-0.2, 0) is 0 Å². The summed E-state index contributed by atoms with van der Waals surface area (Å²) in [7, 11) is 0. The van der Waals surface area contributed by atoms with Gasteiger partial charge in [0.1, 0.15) is 5.82 Å². The predicted molar refractivity (Wildman–Crippen MR) is 59.7 cm³/mol. The Morgan fingerprint density at radius 2 is 2.25 bits per heavy atom. The Kier molecular flexibility index (Phi) is 1.89. The van der Waals surface area contributed by atoms with Crippen LogP contribution in [0.4, 0.5) is 0 Å². The van der Waals surface area contributed by atoms with Crippen molar-refractivity contribution in [1.82, 2.24) is 19.6 Å². The SMILES string of the molecule is CC(C)c1cnc2nc(C3CC3)[nH]n2c1=O. The van der Waals surface area contributed by atoms with Gasteiger partial charge >= 0.3 is 0 Å². The molecular weight excluding hydrogens is 204 g/mol. The third-order valence-corrected chi connectivity index (χ3v) is 3.00. The lowest BCUT2D eigenvalue weighted by Crippen LogP contribution is -2.20.